The number of carbonyl (C=O) groups excluding carboxylic acids is 3. The van der Waals surface area contributed by atoms with E-state index in [0.717, 1.165) is 10.7 Å². The molecule has 0 aliphatic heterocycles. The molecule has 3 heterocycles. The molecule has 4 aromatic rings. The van der Waals surface area contributed by atoms with Crippen LogP contribution in [0.4, 0.5) is 4.39 Å². The van der Waals surface area contributed by atoms with Crippen LogP contribution in [-0.4, -0.2) is 48.0 Å². The maximum atomic E-state index is 14.4. The summed E-state index contributed by atoms with van der Waals surface area (Å²) in [7, 11) is 1.57. The lowest BCUT2D eigenvalue weighted by molar-refractivity contribution is -0.125. The fourth-order valence-electron chi connectivity index (χ4n) is 4.04. The first kappa shape index (κ1) is 25.1. The number of hydrogen-bond donors (Lipinski definition) is 3. The van der Waals surface area contributed by atoms with Crippen molar-refractivity contribution in [2.45, 2.75) is 51.2 Å². The molecule has 198 valence electrons. The molecular weight excluding hydrogens is 497 g/mol. The minimum Gasteiger partial charge on any atom is -0.408 e. The normalized spacial score (nSPS) is 14.4. The number of amides is 3. The second kappa shape index (κ2) is 8.78. The van der Waals surface area contributed by atoms with Crippen LogP contribution in [0.2, 0.25) is 0 Å². The number of nitrogens with zero attached hydrogens (tertiary/aromatic N) is 4. The van der Waals surface area contributed by atoms with Gasteiger partial charge in [0.1, 0.15) is 16.9 Å². The van der Waals surface area contributed by atoms with Crippen molar-refractivity contribution in [3.05, 3.63) is 63.8 Å². The maximum Gasteiger partial charge on any atom is 0.419 e. The molecule has 1 saturated carbocycles. The van der Waals surface area contributed by atoms with Crippen molar-refractivity contribution >= 4 is 34.5 Å². The van der Waals surface area contributed by atoms with E-state index in [1.165, 1.54) is 10.6 Å². The molecular formula is C25H26FN7O5. The summed E-state index contributed by atoms with van der Waals surface area (Å²) < 4.78 is 21.9. The average molecular weight is 524 g/mol. The summed E-state index contributed by atoms with van der Waals surface area (Å²) in [6.07, 6.45) is 1.79. The molecule has 13 heteroatoms. The van der Waals surface area contributed by atoms with Gasteiger partial charge in [0.05, 0.1) is 11.7 Å². The zero-order valence-electron chi connectivity index (χ0n) is 21.2. The van der Waals surface area contributed by atoms with Gasteiger partial charge in [0, 0.05) is 25.2 Å². The molecule has 1 fully saturated rings. The molecule has 1 aromatic carbocycles. The number of aryl methyl sites for hydroxylation is 1. The Hall–Kier alpha value is -4.55. The van der Waals surface area contributed by atoms with Gasteiger partial charge < -0.3 is 20.4 Å². The fourth-order valence-corrected chi connectivity index (χ4v) is 4.04. The molecule has 1 aliphatic rings. The van der Waals surface area contributed by atoms with Crippen molar-refractivity contribution in [1.82, 2.24) is 35.1 Å². The van der Waals surface area contributed by atoms with Gasteiger partial charge in [0.2, 0.25) is 5.91 Å². The molecule has 0 spiro atoms. The Morgan fingerprint density at radius 2 is 1.89 bits per heavy atom. The van der Waals surface area contributed by atoms with Crippen LogP contribution in [0.3, 0.4) is 0 Å². The Labute approximate surface area is 215 Å². The van der Waals surface area contributed by atoms with Gasteiger partial charge >= 0.3 is 5.76 Å². The zero-order valence-corrected chi connectivity index (χ0v) is 21.2. The quantitative estimate of drug-likeness (QED) is 0.346. The zero-order chi connectivity index (χ0) is 27.4. The highest BCUT2D eigenvalue weighted by Crippen LogP contribution is 2.36. The van der Waals surface area contributed by atoms with Crippen LogP contribution >= 0.6 is 0 Å². The van der Waals surface area contributed by atoms with E-state index in [2.05, 4.69) is 26.0 Å². The lowest BCUT2D eigenvalue weighted by Crippen LogP contribution is -2.54. The average Bonchev–Trinajstić information content (AvgIpc) is 3.47. The second-order valence-electron chi connectivity index (χ2n) is 10.4. The second-order valence-corrected chi connectivity index (χ2v) is 10.4. The number of aromatic nitrogens is 4. The van der Waals surface area contributed by atoms with Crippen LogP contribution in [0, 0.1) is 5.82 Å². The van der Waals surface area contributed by atoms with Gasteiger partial charge in [-0.1, -0.05) is 6.07 Å². The van der Waals surface area contributed by atoms with E-state index in [-0.39, 0.29) is 29.5 Å². The minimum atomic E-state index is -1.08. The number of oxazole rings is 1. The van der Waals surface area contributed by atoms with E-state index in [9.17, 15) is 23.6 Å². The third-order valence-electron chi connectivity index (χ3n) is 6.23. The molecule has 0 bridgehead atoms. The Kier molecular flexibility index (Phi) is 5.80. The number of fused-ring (bicyclic) bond motifs is 2. The van der Waals surface area contributed by atoms with Gasteiger partial charge in [-0.05, 0) is 51.3 Å². The molecule has 3 amide bonds. The Morgan fingerprint density at radius 1 is 1.16 bits per heavy atom. The Morgan fingerprint density at radius 3 is 2.58 bits per heavy atom. The third kappa shape index (κ3) is 4.62. The highest BCUT2D eigenvalue weighted by atomic mass is 19.1. The van der Waals surface area contributed by atoms with Crippen LogP contribution in [0.1, 0.15) is 60.2 Å². The van der Waals surface area contributed by atoms with Crippen LogP contribution < -0.4 is 21.7 Å². The summed E-state index contributed by atoms with van der Waals surface area (Å²) >= 11 is 0. The van der Waals surface area contributed by atoms with Crippen LogP contribution in [0.5, 0.6) is 0 Å². The first-order valence-electron chi connectivity index (χ1n) is 11.9. The first-order valence-corrected chi connectivity index (χ1v) is 11.9. The van der Waals surface area contributed by atoms with Gasteiger partial charge in [-0.3, -0.25) is 19.0 Å². The SMILES string of the molecule is Cn1c(=O)oc2ccc(CNC(=O)c3cc(C(=O)NC4(C(=O)NC(C)(C)C)CC4)n4ncc(F)c4n3)cc21. The number of hydrogen-bond acceptors (Lipinski definition) is 7. The molecule has 0 radical (unpaired) electrons. The van der Waals surface area contributed by atoms with Crippen molar-refractivity contribution in [3.63, 3.8) is 0 Å². The predicted molar refractivity (Wildman–Crippen MR) is 133 cm³/mol. The van der Waals surface area contributed by atoms with Crippen molar-refractivity contribution < 1.29 is 23.2 Å². The van der Waals surface area contributed by atoms with Crippen LogP contribution in [-0.2, 0) is 18.4 Å². The van der Waals surface area contributed by atoms with Gasteiger partial charge in [-0.15, -0.1) is 0 Å². The molecule has 1 aliphatic carbocycles. The van der Waals surface area contributed by atoms with E-state index >= 15 is 0 Å². The number of benzene rings is 1. The largest absolute Gasteiger partial charge is 0.419 e. The topological polar surface area (TPSA) is 153 Å². The smallest absolute Gasteiger partial charge is 0.408 e. The van der Waals surface area contributed by atoms with Gasteiger partial charge in [-0.25, -0.2) is 18.7 Å². The first-order chi connectivity index (χ1) is 17.9. The van der Waals surface area contributed by atoms with Crippen molar-refractivity contribution in [2.24, 2.45) is 7.05 Å². The van der Waals surface area contributed by atoms with Gasteiger partial charge in [0.15, 0.2) is 17.0 Å². The van der Waals surface area contributed by atoms with Crippen molar-refractivity contribution in [2.75, 3.05) is 0 Å². The third-order valence-corrected chi connectivity index (χ3v) is 6.23. The molecule has 0 atom stereocenters. The molecule has 5 rings (SSSR count). The van der Waals surface area contributed by atoms with Gasteiger partial charge in [-0.2, -0.15) is 5.10 Å². The molecule has 3 N–H and O–H groups in total. The lowest BCUT2D eigenvalue weighted by atomic mass is 10.1. The standard InChI is InChI=1S/C25H26FN7O5/c1-24(2,3)31-22(36)25(7-8-25)30-21(35)17-10-15(29-19-14(26)12-28-33(17)19)20(34)27-11-13-5-6-18-16(9-13)32(4)23(37)38-18/h5-6,9-10,12H,7-8,11H2,1-4H3,(H,27,34)(H,30,35)(H,31,36). The summed E-state index contributed by atoms with van der Waals surface area (Å²) in [6, 6.07) is 6.21. The van der Waals surface area contributed by atoms with E-state index < -0.39 is 34.5 Å². The Bertz CT molecular complexity index is 1670. The van der Waals surface area contributed by atoms with E-state index in [1.807, 2.05) is 20.8 Å². The Balaban J connectivity index is 1.38. The molecule has 0 saturated heterocycles. The van der Waals surface area contributed by atoms with Crippen molar-refractivity contribution in [1.29, 1.82) is 0 Å². The molecule has 12 nitrogen and oxygen atoms in total. The maximum absolute atomic E-state index is 14.4. The summed E-state index contributed by atoms with van der Waals surface area (Å²) in [5.41, 5.74) is -0.577. The summed E-state index contributed by atoms with van der Waals surface area (Å²) in [5, 5.41) is 12.1. The monoisotopic (exact) mass is 523 g/mol. The molecule has 3 aromatic heterocycles. The summed E-state index contributed by atoms with van der Waals surface area (Å²) in [5.74, 6) is -2.99. The number of halogens is 1. The molecule has 38 heavy (non-hydrogen) atoms. The van der Waals surface area contributed by atoms with Gasteiger partial charge in [0.25, 0.3) is 11.8 Å². The highest BCUT2D eigenvalue weighted by Gasteiger charge is 2.52. The van der Waals surface area contributed by atoms with Crippen LogP contribution in [0.15, 0.2) is 39.7 Å². The van der Waals surface area contributed by atoms with Crippen LogP contribution in [0.25, 0.3) is 16.7 Å². The predicted octanol–water partition coefficient (Wildman–Crippen LogP) is 1.42. The minimum absolute atomic E-state index is 0.0698. The highest BCUT2D eigenvalue weighted by molar-refractivity contribution is 6.02. The number of carbonyl (C=O) groups is 3. The van der Waals surface area contributed by atoms with E-state index in [1.54, 1.807) is 25.2 Å². The van der Waals surface area contributed by atoms with Crippen molar-refractivity contribution in [3.8, 4) is 0 Å². The summed E-state index contributed by atoms with van der Waals surface area (Å²) in [6.45, 7) is 5.57. The number of rotatable bonds is 6. The lowest BCUT2D eigenvalue weighted by Gasteiger charge is -2.25. The van der Waals surface area contributed by atoms with E-state index in [0.29, 0.717) is 29.5 Å². The summed E-state index contributed by atoms with van der Waals surface area (Å²) in [4.78, 5) is 54.7. The number of nitrogens with one attached hydrogen (secondary N) is 3. The fraction of sp³-hybridized carbons (Fsp3) is 0.360. The molecule has 0 unspecified atom stereocenters. The van der Waals surface area contributed by atoms with E-state index in [4.69, 9.17) is 4.42 Å².